The molecule has 0 aromatic heterocycles. The van der Waals surface area contributed by atoms with Crippen LogP contribution in [0.4, 0.5) is 17.6 Å². The molecule has 0 N–H and O–H groups in total. The Morgan fingerprint density at radius 1 is 0.774 bits per heavy atom. The van der Waals surface area contributed by atoms with Crippen LogP contribution in [0.25, 0.3) is 0 Å². The lowest BCUT2D eigenvalue weighted by Gasteiger charge is -2.17. The predicted octanol–water partition coefficient (Wildman–Crippen LogP) is 8.43. The van der Waals surface area contributed by atoms with Crippen molar-refractivity contribution in [3.63, 3.8) is 0 Å². The van der Waals surface area contributed by atoms with E-state index in [2.05, 4.69) is 46.1 Å². The normalized spacial score (nSPS) is 14.8. The molecule has 168 valence electrons. The van der Waals surface area contributed by atoms with Gasteiger partial charge in [-0.3, -0.25) is 0 Å². The fraction of sp³-hybridized carbons (Fsp3) is 0.231. The molecule has 0 rings (SSSR count). The average molecular weight is 435 g/mol. The van der Waals surface area contributed by atoms with Crippen LogP contribution in [0, 0.1) is 5.92 Å². The van der Waals surface area contributed by atoms with Gasteiger partial charge in [0.25, 0.3) is 0 Å². The molecule has 0 bridgehead atoms. The van der Waals surface area contributed by atoms with Gasteiger partial charge in [0.15, 0.2) is 23.3 Å². The van der Waals surface area contributed by atoms with Crippen LogP contribution in [-0.2, 0) is 4.74 Å². The van der Waals surface area contributed by atoms with Gasteiger partial charge in [-0.05, 0) is 36.1 Å². The Balaban J connectivity index is 5.34. The van der Waals surface area contributed by atoms with E-state index in [4.69, 9.17) is 4.74 Å². The molecule has 31 heavy (non-hydrogen) atoms. The summed E-state index contributed by atoms with van der Waals surface area (Å²) in [5.74, 6) is -5.24. The molecule has 2 unspecified atom stereocenters. The van der Waals surface area contributed by atoms with E-state index in [1.165, 1.54) is 19.1 Å². The molecule has 0 aliphatic carbocycles. The van der Waals surface area contributed by atoms with Gasteiger partial charge in [0, 0.05) is 17.1 Å². The molecule has 0 saturated heterocycles. The van der Waals surface area contributed by atoms with Gasteiger partial charge in [-0.2, -0.15) is 0 Å². The second-order valence-electron chi connectivity index (χ2n) is 7.08. The van der Waals surface area contributed by atoms with Gasteiger partial charge >= 0.3 is 0 Å². The van der Waals surface area contributed by atoms with Gasteiger partial charge in [0.05, 0.1) is 12.7 Å². The fourth-order valence-electron chi connectivity index (χ4n) is 1.96. The van der Waals surface area contributed by atoms with Crippen molar-refractivity contribution < 1.29 is 22.3 Å². The third-order valence-electron chi connectivity index (χ3n) is 4.37. The summed E-state index contributed by atoms with van der Waals surface area (Å²) in [6.07, 6.45) is 3.83. The van der Waals surface area contributed by atoms with Crippen molar-refractivity contribution in [3.05, 3.63) is 121 Å². The zero-order valence-electron chi connectivity index (χ0n) is 18.5. The first-order chi connectivity index (χ1) is 14.3. The van der Waals surface area contributed by atoms with Crippen LogP contribution in [0.2, 0.25) is 0 Å². The highest BCUT2D eigenvalue weighted by molar-refractivity contribution is 5.54. The first kappa shape index (κ1) is 28.1. The lowest BCUT2D eigenvalue weighted by atomic mass is 9.98. The summed E-state index contributed by atoms with van der Waals surface area (Å²) in [4.78, 5) is 0. The summed E-state index contributed by atoms with van der Waals surface area (Å²) >= 11 is 0. The van der Waals surface area contributed by atoms with Crippen LogP contribution in [0.3, 0.4) is 0 Å². The zero-order valence-corrected chi connectivity index (χ0v) is 18.5. The van der Waals surface area contributed by atoms with Crippen molar-refractivity contribution in [2.75, 3.05) is 6.61 Å². The van der Waals surface area contributed by atoms with Gasteiger partial charge in [0.1, 0.15) is 0 Å². The average Bonchev–Trinajstić information content (AvgIpc) is 2.76. The highest BCUT2D eigenvalue weighted by atomic mass is 19.2. The molecule has 5 heteroatoms. The van der Waals surface area contributed by atoms with Crippen molar-refractivity contribution in [2.45, 2.75) is 26.9 Å². The number of allylic oxidation sites excluding steroid dienone is 11. The minimum atomic E-state index is -1.23. The molecule has 1 nitrogen and oxygen atoms in total. The molecule has 0 radical (unpaired) electrons. The maximum absolute atomic E-state index is 14.5. The van der Waals surface area contributed by atoms with Crippen LogP contribution < -0.4 is 0 Å². The molecule has 0 heterocycles. The fourth-order valence-corrected chi connectivity index (χ4v) is 1.96. The van der Waals surface area contributed by atoms with Crippen molar-refractivity contribution >= 4 is 0 Å². The Bertz CT molecular complexity index is 896. The predicted molar refractivity (Wildman–Crippen MR) is 123 cm³/mol. The maximum Gasteiger partial charge on any atom is 0.166 e. The Morgan fingerprint density at radius 3 is 1.58 bits per heavy atom. The monoisotopic (exact) mass is 434 g/mol. The number of halogens is 4. The van der Waals surface area contributed by atoms with Crippen LogP contribution in [0.1, 0.15) is 20.8 Å². The molecule has 0 spiro atoms. The third kappa shape index (κ3) is 8.38. The molecule has 0 aliphatic heterocycles. The number of rotatable bonds is 13. The topological polar surface area (TPSA) is 9.23 Å². The van der Waals surface area contributed by atoms with Crippen molar-refractivity contribution in [2.24, 2.45) is 5.92 Å². The smallest absolute Gasteiger partial charge is 0.166 e. The van der Waals surface area contributed by atoms with E-state index in [1.807, 2.05) is 0 Å². The van der Waals surface area contributed by atoms with Crippen LogP contribution in [0.5, 0.6) is 0 Å². The van der Waals surface area contributed by atoms with Gasteiger partial charge in [-0.25, -0.2) is 17.6 Å². The summed E-state index contributed by atoms with van der Waals surface area (Å²) in [6.45, 7) is 29.4. The Hall–Kier alpha value is -2.92. The van der Waals surface area contributed by atoms with E-state index in [0.29, 0.717) is 0 Å². The van der Waals surface area contributed by atoms with Crippen LogP contribution >= 0.6 is 0 Å². The highest BCUT2D eigenvalue weighted by Gasteiger charge is 2.19. The summed E-state index contributed by atoms with van der Waals surface area (Å²) < 4.78 is 62.1. The molecule has 0 amide bonds. The largest absolute Gasteiger partial charge is 0.374 e. The molecule has 0 aromatic carbocycles. The summed E-state index contributed by atoms with van der Waals surface area (Å²) in [5.41, 5.74) is -0.817. The highest BCUT2D eigenvalue weighted by Crippen LogP contribution is 2.31. The van der Waals surface area contributed by atoms with Crippen molar-refractivity contribution in [1.29, 1.82) is 0 Å². The van der Waals surface area contributed by atoms with Crippen LogP contribution in [-0.4, -0.2) is 12.7 Å². The first-order valence-electron chi connectivity index (χ1n) is 9.41. The molecule has 0 aromatic rings. The van der Waals surface area contributed by atoms with E-state index in [1.54, 1.807) is 19.9 Å². The van der Waals surface area contributed by atoms with E-state index in [0.717, 1.165) is 0 Å². The van der Waals surface area contributed by atoms with E-state index < -0.39 is 29.2 Å². The molecule has 0 fully saturated rings. The minimum Gasteiger partial charge on any atom is -0.374 e. The molecule has 2 atom stereocenters. The molecule has 0 saturated carbocycles. The van der Waals surface area contributed by atoms with Gasteiger partial charge in [0.2, 0.25) is 0 Å². The van der Waals surface area contributed by atoms with Crippen molar-refractivity contribution in [1.82, 2.24) is 0 Å². The van der Waals surface area contributed by atoms with E-state index >= 15 is 0 Å². The summed E-state index contributed by atoms with van der Waals surface area (Å²) in [6, 6.07) is 0. The Labute approximate surface area is 183 Å². The number of hydrogen-bond acceptors (Lipinski definition) is 1. The lowest BCUT2D eigenvalue weighted by Crippen LogP contribution is -2.14. The van der Waals surface area contributed by atoms with Crippen molar-refractivity contribution in [3.8, 4) is 0 Å². The molecule has 0 aliphatic rings. The zero-order chi connectivity index (χ0) is 24.5. The van der Waals surface area contributed by atoms with Gasteiger partial charge in [-0.1, -0.05) is 64.6 Å². The van der Waals surface area contributed by atoms with E-state index in [9.17, 15) is 17.6 Å². The molecular formula is C26H30F4O. The third-order valence-corrected chi connectivity index (χ3v) is 4.37. The first-order valence-corrected chi connectivity index (χ1v) is 9.41. The quantitative estimate of drug-likeness (QED) is 0.161. The van der Waals surface area contributed by atoms with Gasteiger partial charge in [-0.15, -0.1) is 6.58 Å². The lowest BCUT2D eigenvalue weighted by molar-refractivity contribution is 0.0799. The SMILES string of the molecule is C=CC(C)OCC(C)C(=C)/C(F)=C(/F)C(=C)C(=C)/C=C\C(=C)C(=C)/C(F)=C(/F)C(=C)C. The molecular weight excluding hydrogens is 404 g/mol. The van der Waals surface area contributed by atoms with Crippen LogP contribution in [0.15, 0.2) is 121 Å². The number of hydrogen-bond donors (Lipinski definition) is 0. The summed E-state index contributed by atoms with van der Waals surface area (Å²) in [5, 5.41) is 0. The Kier molecular flexibility index (Phi) is 11.5. The second-order valence-corrected chi connectivity index (χ2v) is 7.08. The standard InChI is InChI=1S/C26H30F4O/c1-11-19(7)31-14-18(6)22(10)26(30)25(29)21(9)17(5)13-12-16(4)20(8)24(28)23(27)15(2)3/h11-13,18-19H,1-2,4-5,8-10,14H2,3,6-7H3/b13-12-,24-23-,26-25-. The summed E-state index contributed by atoms with van der Waals surface area (Å²) in [7, 11) is 0. The number of ether oxygens (including phenoxy) is 1. The Morgan fingerprint density at radius 2 is 1.19 bits per heavy atom. The maximum atomic E-state index is 14.5. The van der Waals surface area contributed by atoms with Gasteiger partial charge < -0.3 is 4.74 Å². The van der Waals surface area contributed by atoms with E-state index in [-0.39, 0.29) is 46.1 Å². The second kappa shape index (κ2) is 12.7. The minimum absolute atomic E-state index is 0.00310.